The number of aryl methyl sites for hydroxylation is 1. The second-order valence-corrected chi connectivity index (χ2v) is 9.58. The van der Waals surface area contributed by atoms with Gasteiger partial charge in [0.25, 0.3) is 0 Å². The van der Waals surface area contributed by atoms with Crippen molar-refractivity contribution in [3.8, 4) is 0 Å². The molecule has 35 heavy (non-hydrogen) atoms. The lowest BCUT2D eigenvalue weighted by molar-refractivity contribution is 0.0282. The molecule has 0 saturated carbocycles. The molecule has 6 heteroatoms. The Hall–Kier alpha value is -2.96. The van der Waals surface area contributed by atoms with Crippen LogP contribution >= 0.6 is 0 Å². The maximum absolute atomic E-state index is 13.7. The molecule has 186 valence electrons. The van der Waals surface area contributed by atoms with E-state index in [0.29, 0.717) is 6.54 Å². The molecule has 1 N–H and O–H groups in total. The van der Waals surface area contributed by atoms with Crippen molar-refractivity contribution in [3.05, 3.63) is 82.8 Å². The molecule has 0 spiro atoms. The van der Waals surface area contributed by atoms with Crippen LogP contribution in [-0.2, 0) is 13.1 Å². The van der Waals surface area contributed by atoms with Crippen LogP contribution in [0.25, 0.3) is 5.57 Å². The van der Waals surface area contributed by atoms with Crippen LogP contribution < -0.4 is 10.2 Å². The van der Waals surface area contributed by atoms with Gasteiger partial charge in [0.15, 0.2) is 0 Å². The second-order valence-electron chi connectivity index (χ2n) is 9.58. The van der Waals surface area contributed by atoms with Crippen molar-refractivity contribution < 1.29 is 4.39 Å². The van der Waals surface area contributed by atoms with Crippen molar-refractivity contribution in [1.82, 2.24) is 15.3 Å². The minimum atomic E-state index is -0.174. The number of hydrogen-bond acceptors (Lipinski definition) is 5. The van der Waals surface area contributed by atoms with Crippen LogP contribution in [0, 0.1) is 12.7 Å². The van der Waals surface area contributed by atoms with Crippen LogP contribution in [0.5, 0.6) is 0 Å². The predicted octanol–water partition coefficient (Wildman–Crippen LogP) is 5.17. The molecule has 0 aliphatic carbocycles. The van der Waals surface area contributed by atoms with Gasteiger partial charge in [-0.15, -0.1) is 0 Å². The minimum Gasteiger partial charge on any atom is -0.365 e. The third-order valence-corrected chi connectivity index (χ3v) is 6.96. The third kappa shape index (κ3) is 6.00. The number of fused-ring (bicyclic) bond motifs is 1. The van der Waals surface area contributed by atoms with E-state index in [0.717, 1.165) is 62.7 Å². The van der Waals surface area contributed by atoms with Crippen molar-refractivity contribution >= 4 is 17.0 Å². The Morgan fingerprint density at radius 3 is 2.69 bits per heavy atom. The molecule has 0 unspecified atom stereocenters. The number of hydrogen-bond donors (Lipinski definition) is 1. The lowest BCUT2D eigenvalue weighted by atomic mass is 10.0. The number of allylic oxidation sites excluding steroid dienone is 1. The molecule has 0 amide bonds. The maximum Gasteiger partial charge on any atom is 0.123 e. The van der Waals surface area contributed by atoms with Crippen molar-refractivity contribution in [2.45, 2.75) is 40.3 Å². The number of likely N-dealkylation sites (N-methyl/N-ethyl adjacent to an activating group) is 1. The molecule has 0 bridgehead atoms. The molecular weight excluding hydrogens is 437 g/mol. The first-order chi connectivity index (χ1) is 16.9. The Bertz CT molecular complexity index is 1140. The van der Waals surface area contributed by atoms with Gasteiger partial charge >= 0.3 is 0 Å². The summed E-state index contributed by atoms with van der Waals surface area (Å²) >= 11 is 0. The van der Waals surface area contributed by atoms with Crippen molar-refractivity contribution in [2.24, 2.45) is 4.99 Å². The van der Waals surface area contributed by atoms with Gasteiger partial charge in [0.1, 0.15) is 5.82 Å². The molecule has 2 aliphatic rings. The topological polar surface area (TPSA) is 34.1 Å². The summed E-state index contributed by atoms with van der Waals surface area (Å²) < 4.78 is 13.7. The van der Waals surface area contributed by atoms with Gasteiger partial charge in [0.2, 0.25) is 0 Å². The van der Waals surface area contributed by atoms with Crippen molar-refractivity contribution in [2.75, 3.05) is 44.7 Å². The van der Waals surface area contributed by atoms with Gasteiger partial charge < -0.3 is 15.2 Å². The average molecular weight is 476 g/mol. The Kier molecular flexibility index (Phi) is 8.04. The quantitative estimate of drug-likeness (QED) is 0.455. The zero-order valence-corrected chi connectivity index (χ0v) is 21.6. The fourth-order valence-electron chi connectivity index (χ4n) is 4.81. The first-order valence-corrected chi connectivity index (χ1v) is 12.6. The molecule has 2 aliphatic heterocycles. The largest absolute Gasteiger partial charge is 0.365 e. The number of nitrogens with one attached hydrogen (secondary N) is 1. The number of rotatable bonds is 11. The number of halogens is 1. The van der Waals surface area contributed by atoms with Crippen molar-refractivity contribution in [1.29, 1.82) is 0 Å². The summed E-state index contributed by atoms with van der Waals surface area (Å²) in [6.07, 6.45) is 3.23. The molecule has 4 rings (SSSR count). The number of nitrogens with zero attached hydrogens (tertiary/aromatic N) is 4. The molecule has 0 saturated heterocycles. The first-order valence-electron chi connectivity index (χ1n) is 12.6. The highest BCUT2D eigenvalue weighted by Crippen LogP contribution is 2.30. The minimum absolute atomic E-state index is 0.174. The molecule has 2 aromatic rings. The standard InChI is InChI=1S/C29H38FN5/c1-6-31-12-7-13-34(29-16-24(9-8-21(29)2)26-14-22(3)32-17-26)18-23(4)33(5)35-19-25-10-11-28(30)15-27(25)20-35/h8-11,14-16,31H,4,6-7,12-13,17-20H2,1-3,5H3. The number of benzene rings is 2. The summed E-state index contributed by atoms with van der Waals surface area (Å²) in [5, 5.41) is 7.82. The predicted molar refractivity (Wildman–Crippen MR) is 145 cm³/mol. The lowest BCUT2D eigenvalue weighted by Crippen LogP contribution is -2.40. The van der Waals surface area contributed by atoms with Crippen LogP contribution in [0.3, 0.4) is 0 Å². The van der Waals surface area contributed by atoms with Gasteiger partial charge in [-0.05, 0) is 85.5 Å². The Morgan fingerprint density at radius 1 is 1.14 bits per heavy atom. The van der Waals surface area contributed by atoms with Crippen LogP contribution in [0.1, 0.15) is 42.5 Å². The normalized spacial score (nSPS) is 15.1. The van der Waals surface area contributed by atoms with Gasteiger partial charge in [0.05, 0.1) is 13.1 Å². The number of hydrazine groups is 1. The van der Waals surface area contributed by atoms with Gasteiger partial charge in [0, 0.05) is 43.8 Å². The van der Waals surface area contributed by atoms with Gasteiger partial charge in [-0.2, -0.15) is 0 Å². The lowest BCUT2D eigenvalue weighted by Gasteiger charge is -2.35. The molecule has 0 fully saturated rings. The summed E-state index contributed by atoms with van der Waals surface area (Å²) in [5.74, 6) is -0.174. The molecule has 2 heterocycles. The van der Waals surface area contributed by atoms with Crippen molar-refractivity contribution in [3.63, 3.8) is 0 Å². The number of anilines is 1. The first kappa shape index (κ1) is 25.1. The summed E-state index contributed by atoms with van der Waals surface area (Å²) in [4.78, 5) is 7.00. The van der Waals surface area contributed by atoms with Gasteiger partial charge in [-0.25, -0.2) is 9.40 Å². The van der Waals surface area contributed by atoms with E-state index in [1.165, 1.54) is 28.0 Å². The Morgan fingerprint density at radius 2 is 1.94 bits per heavy atom. The molecule has 0 aromatic heterocycles. The van der Waals surface area contributed by atoms with Gasteiger partial charge in [-0.3, -0.25) is 4.99 Å². The van der Waals surface area contributed by atoms with E-state index in [1.807, 2.05) is 6.07 Å². The highest BCUT2D eigenvalue weighted by molar-refractivity contribution is 6.03. The average Bonchev–Trinajstić information content (AvgIpc) is 3.46. The maximum atomic E-state index is 13.7. The van der Waals surface area contributed by atoms with Crippen LogP contribution in [0.15, 0.2) is 59.7 Å². The third-order valence-electron chi connectivity index (χ3n) is 6.96. The van der Waals surface area contributed by atoms with E-state index in [9.17, 15) is 4.39 Å². The zero-order chi connectivity index (χ0) is 24.9. The molecular formula is C29H38FN5. The highest BCUT2D eigenvalue weighted by atomic mass is 19.1. The Labute approximate surface area is 209 Å². The Balaban J connectivity index is 1.51. The fourth-order valence-corrected chi connectivity index (χ4v) is 4.81. The zero-order valence-electron chi connectivity index (χ0n) is 21.6. The smallest absolute Gasteiger partial charge is 0.123 e. The monoisotopic (exact) mass is 475 g/mol. The summed E-state index contributed by atoms with van der Waals surface area (Å²) in [6, 6.07) is 11.8. The summed E-state index contributed by atoms with van der Waals surface area (Å²) in [7, 11) is 2.06. The second kappa shape index (κ2) is 11.2. The van der Waals surface area contributed by atoms with E-state index >= 15 is 0 Å². The molecule has 0 atom stereocenters. The molecule has 2 aromatic carbocycles. The SMILES string of the molecule is C=C(CN(CCCNCC)c1cc(C2=CC(C)=NC2)ccc1C)N(C)N1Cc2ccc(F)cc2C1. The van der Waals surface area contributed by atoms with E-state index in [1.54, 1.807) is 12.1 Å². The summed E-state index contributed by atoms with van der Waals surface area (Å²) in [5.41, 5.74) is 9.35. The summed E-state index contributed by atoms with van der Waals surface area (Å²) in [6.45, 7) is 16.7. The van der Waals surface area contributed by atoms with E-state index in [-0.39, 0.29) is 5.82 Å². The fraction of sp³-hybridized carbons (Fsp3) is 0.414. The molecule has 5 nitrogen and oxygen atoms in total. The van der Waals surface area contributed by atoms with Gasteiger partial charge in [-0.1, -0.05) is 31.7 Å². The number of aliphatic imine (C=N–C) groups is 1. The van der Waals surface area contributed by atoms with Crippen LogP contribution in [0.4, 0.5) is 10.1 Å². The van der Waals surface area contributed by atoms with E-state index < -0.39 is 0 Å². The highest BCUT2D eigenvalue weighted by Gasteiger charge is 2.24. The van der Waals surface area contributed by atoms with E-state index in [2.05, 4.69) is 83.9 Å². The molecule has 0 radical (unpaired) electrons. The van der Waals surface area contributed by atoms with Crippen LogP contribution in [-0.4, -0.2) is 55.5 Å². The van der Waals surface area contributed by atoms with Crippen LogP contribution in [0.2, 0.25) is 0 Å². The van der Waals surface area contributed by atoms with E-state index in [4.69, 9.17) is 0 Å².